The molecule has 0 unspecified atom stereocenters. The summed E-state index contributed by atoms with van der Waals surface area (Å²) in [6, 6.07) is 0. The zero-order chi connectivity index (χ0) is 4.99. The molecule has 34 valence electrons. The minimum absolute atomic E-state index is 0.171. The average Bonchev–Trinajstić information content (AvgIpc) is 1.35. The van der Waals surface area contributed by atoms with Gasteiger partial charge in [-0.3, -0.25) is 5.41 Å². The van der Waals surface area contributed by atoms with Crippen molar-refractivity contribution < 1.29 is 0 Å². The van der Waals surface area contributed by atoms with Crippen LogP contribution in [0.2, 0.25) is 0 Å². The van der Waals surface area contributed by atoms with E-state index < -0.39 is 0 Å². The van der Waals surface area contributed by atoms with Crippen molar-refractivity contribution in [3.63, 3.8) is 0 Å². The maximum absolute atomic E-state index is 6.60. The van der Waals surface area contributed by atoms with Gasteiger partial charge in [-0.15, -0.1) is 6.58 Å². The number of nitrogens with two attached hydrogens (primary N) is 1. The molecular weight excluding hydrogens is 76.1 g/mol. The fraction of sp³-hybridized carbons (Fsp3) is 0.250. The summed E-state index contributed by atoms with van der Waals surface area (Å²) >= 11 is 0. The van der Waals surface area contributed by atoms with Gasteiger partial charge in [0, 0.05) is 6.42 Å². The molecule has 0 aliphatic carbocycles. The molecular formula is C4H8N2. The van der Waals surface area contributed by atoms with Gasteiger partial charge in [0.2, 0.25) is 0 Å². The van der Waals surface area contributed by atoms with Crippen molar-refractivity contribution >= 4 is 5.84 Å². The van der Waals surface area contributed by atoms with Gasteiger partial charge >= 0.3 is 0 Å². The fourth-order valence-electron chi connectivity index (χ4n) is 0.156. The topological polar surface area (TPSA) is 49.9 Å². The Hall–Kier alpha value is -0.790. The average molecular weight is 84.1 g/mol. The van der Waals surface area contributed by atoms with Crippen LogP contribution in [0.3, 0.4) is 0 Å². The predicted octanol–water partition coefficient (Wildman–Crippen LogP) is 0.498. The monoisotopic (exact) mass is 84.1 g/mol. The first-order chi connectivity index (χ1) is 2.77. The number of hydrogen-bond donors (Lipinski definition) is 2. The van der Waals surface area contributed by atoms with E-state index in [1.807, 2.05) is 0 Å². The van der Waals surface area contributed by atoms with Gasteiger partial charge in [-0.25, -0.2) is 0 Å². The molecule has 0 radical (unpaired) electrons. The molecule has 0 saturated carbocycles. The van der Waals surface area contributed by atoms with Crippen molar-refractivity contribution in [1.82, 2.24) is 0 Å². The molecule has 0 fully saturated rings. The van der Waals surface area contributed by atoms with E-state index in [-0.39, 0.29) is 5.84 Å². The second kappa shape index (κ2) is 2.45. The highest BCUT2D eigenvalue weighted by Crippen LogP contribution is 1.71. The summed E-state index contributed by atoms with van der Waals surface area (Å²) < 4.78 is 0. The standard InChI is InChI=1S/C4H8N2/c1-2-3-4(5)6/h2H,1,3H2,(H3,5,6). The predicted molar refractivity (Wildman–Crippen MR) is 26.7 cm³/mol. The van der Waals surface area contributed by atoms with Crippen LogP contribution in [0.15, 0.2) is 12.7 Å². The molecule has 0 saturated heterocycles. The third-order valence-electron chi connectivity index (χ3n) is 0.364. The lowest BCUT2D eigenvalue weighted by Gasteiger charge is -1.81. The van der Waals surface area contributed by atoms with Gasteiger partial charge in [-0.1, -0.05) is 6.08 Å². The Bertz CT molecular complexity index is 65.9. The molecule has 0 aromatic rings. The van der Waals surface area contributed by atoms with Crippen molar-refractivity contribution in [3.05, 3.63) is 12.7 Å². The molecule has 0 atom stereocenters. The normalized spacial score (nSPS) is 7.33. The molecule has 0 aromatic carbocycles. The van der Waals surface area contributed by atoms with Crippen LogP contribution < -0.4 is 5.73 Å². The van der Waals surface area contributed by atoms with Gasteiger partial charge in [-0.2, -0.15) is 0 Å². The summed E-state index contributed by atoms with van der Waals surface area (Å²) in [5, 5.41) is 6.60. The Morgan fingerprint density at radius 2 is 2.50 bits per heavy atom. The Kier molecular flexibility index (Phi) is 2.13. The van der Waals surface area contributed by atoms with Gasteiger partial charge in [0.1, 0.15) is 0 Å². The molecule has 0 bridgehead atoms. The maximum atomic E-state index is 6.60. The summed E-state index contributed by atoms with van der Waals surface area (Å²) in [6.07, 6.45) is 2.10. The third kappa shape index (κ3) is 3.21. The van der Waals surface area contributed by atoms with Crippen LogP contribution in [0.5, 0.6) is 0 Å². The van der Waals surface area contributed by atoms with Crippen LogP contribution in [0.4, 0.5) is 0 Å². The van der Waals surface area contributed by atoms with E-state index in [0.29, 0.717) is 6.42 Å². The molecule has 6 heavy (non-hydrogen) atoms. The van der Waals surface area contributed by atoms with Gasteiger partial charge in [0.15, 0.2) is 0 Å². The van der Waals surface area contributed by atoms with E-state index in [2.05, 4.69) is 6.58 Å². The zero-order valence-corrected chi connectivity index (χ0v) is 3.57. The Labute approximate surface area is 37.2 Å². The summed E-state index contributed by atoms with van der Waals surface area (Å²) in [5.74, 6) is 0.171. The highest BCUT2D eigenvalue weighted by atomic mass is 14.7. The van der Waals surface area contributed by atoms with Crippen molar-refractivity contribution in [2.75, 3.05) is 0 Å². The third-order valence-corrected chi connectivity index (χ3v) is 0.364. The van der Waals surface area contributed by atoms with E-state index in [0.717, 1.165) is 0 Å². The quantitative estimate of drug-likeness (QED) is 0.285. The summed E-state index contributed by atoms with van der Waals surface area (Å²) in [5.41, 5.74) is 4.92. The SMILES string of the molecule is C=CCC(=N)N. The van der Waals surface area contributed by atoms with Gasteiger partial charge in [0.25, 0.3) is 0 Å². The van der Waals surface area contributed by atoms with E-state index in [1.165, 1.54) is 0 Å². The van der Waals surface area contributed by atoms with Crippen LogP contribution in [-0.2, 0) is 0 Å². The number of hydrogen-bond acceptors (Lipinski definition) is 1. The van der Waals surface area contributed by atoms with E-state index in [9.17, 15) is 0 Å². The van der Waals surface area contributed by atoms with Crippen molar-refractivity contribution in [2.24, 2.45) is 5.73 Å². The van der Waals surface area contributed by atoms with Crippen molar-refractivity contribution in [2.45, 2.75) is 6.42 Å². The maximum Gasteiger partial charge on any atom is 0.0943 e. The molecule has 0 rings (SSSR count). The molecule has 0 heterocycles. The Morgan fingerprint density at radius 3 is 2.50 bits per heavy atom. The summed E-state index contributed by atoms with van der Waals surface area (Å²) in [6.45, 7) is 3.38. The van der Waals surface area contributed by atoms with Gasteiger partial charge < -0.3 is 5.73 Å². The molecule has 0 aromatic heterocycles. The van der Waals surface area contributed by atoms with Crippen molar-refractivity contribution in [3.8, 4) is 0 Å². The number of rotatable bonds is 2. The molecule has 0 amide bonds. The summed E-state index contributed by atoms with van der Waals surface area (Å²) in [7, 11) is 0. The molecule has 0 aliphatic rings. The minimum Gasteiger partial charge on any atom is -0.387 e. The minimum atomic E-state index is 0.171. The molecule has 0 spiro atoms. The van der Waals surface area contributed by atoms with Crippen LogP contribution in [0.25, 0.3) is 0 Å². The van der Waals surface area contributed by atoms with Gasteiger partial charge in [0.05, 0.1) is 5.84 Å². The van der Waals surface area contributed by atoms with Gasteiger partial charge in [-0.05, 0) is 0 Å². The first kappa shape index (κ1) is 5.21. The zero-order valence-electron chi connectivity index (χ0n) is 3.57. The lowest BCUT2D eigenvalue weighted by molar-refractivity contribution is 1.32. The Balaban J connectivity index is 3.05. The van der Waals surface area contributed by atoms with Crippen LogP contribution >= 0.6 is 0 Å². The molecule has 0 aliphatic heterocycles. The molecule has 2 nitrogen and oxygen atoms in total. The van der Waals surface area contributed by atoms with Crippen molar-refractivity contribution in [1.29, 1.82) is 5.41 Å². The largest absolute Gasteiger partial charge is 0.387 e. The fourth-order valence-corrected chi connectivity index (χ4v) is 0.156. The first-order valence-corrected chi connectivity index (χ1v) is 1.71. The van der Waals surface area contributed by atoms with Crippen LogP contribution in [0.1, 0.15) is 6.42 Å². The second-order valence-electron chi connectivity index (χ2n) is 1.02. The molecule has 3 N–H and O–H groups in total. The van der Waals surface area contributed by atoms with Crippen LogP contribution in [0, 0.1) is 5.41 Å². The second-order valence-corrected chi connectivity index (χ2v) is 1.02. The number of nitrogens with one attached hydrogen (secondary N) is 1. The van der Waals surface area contributed by atoms with E-state index in [1.54, 1.807) is 6.08 Å². The number of amidine groups is 1. The lowest BCUT2D eigenvalue weighted by Crippen LogP contribution is -2.06. The van der Waals surface area contributed by atoms with Crippen LogP contribution in [-0.4, -0.2) is 5.84 Å². The summed E-state index contributed by atoms with van der Waals surface area (Å²) in [4.78, 5) is 0. The highest BCUT2D eigenvalue weighted by Gasteiger charge is 1.74. The Morgan fingerprint density at radius 1 is 2.00 bits per heavy atom. The van der Waals surface area contributed by atoms with E-state index in [4.69, 9.17) is 11.1 Å². The first-order valence-electron chi connectivity index (χ1n) is 1.71. The van der Waals surface area contributed by atoms with E-state index >= 15 is 0 Å². The highest BCUT2D eigenvalue weighted by molar-refractivity contribution is 5.78. The molecule has 2 heteroatoms. The smallest absolute Gasteiger partial charge is 0.0943 e. The lowest BCUT2D eigenvalue weighted by atomic mass is 10.4.